The molecule has 2 aromatic rings. The summed E-state index contributed by atoms with van der Waals surface area (Å²) >= 11 is 0. The van der Waals surface area contributed by atoms with Crippen LogP contribution >= 0.6 is 0 Å². The van der Waals surface area contributed by atoms with Gasteiger partial charge in [-0.15, -0.1) is 0 Å². The van der Waals surface area contributed by atoms with Crippen molar-refractivity contribution in [2.24, 2.45) is 5.92 Å². The number of hydrogen-bond acceptors (Lipinski definition) is 7. The molecule has 0 radical (unpaired) electrons. The molecule has 0 aliphatic rings. The average molecular weight is 346 g/mol. The number of carbonyl (C=O) groups is 1. The van der Waals surface area contributed by atoms with Crippen LogP contribution in [-0.4, -0.2) is 41.3 Å². The SMILES string of the molecule is COc1ccc(Nc2cc(N[C@H](C(=O)O)C(C)C)ncn2)c(OC)c1. The van der Waals surface area contributed by atoms with Gasteiger partial charge in [-0.2, -0.15) is 0 Å². The van der Waals surface area contributed by atoms with E-state index >= 15 is 0 Å². The number of carboxylic acid groups (broad SMARTS) is 1. The van der Waals surface area contributed by atoms with Crippen LogP contribution in [0.4, 0.5) is 17.3 Å². The maximum Gasteiger partial charge on any atom is 0.326 e. The summed E-state index contributed by atoms with van der Waals surface area (Å²) in [4.78, 5) is 19.5. The third-order valence-electron chi connectivity index (χ3n) is 3.57. The van der Waals surface area contributed by atoms with Gasteiger partial charge in [0, 0.05) is 12.1 Å². The molecule has 0 fully saturated rings. The van der Waals surface area contributed by atoms with Crippen molar-refractivity contribution in [3.05, 3.63) is 30.6 Å². The highest BCUT2D eigenvalue weighted by molar-refractivity contribution is 5.77. The number of aromatic nitrogens is 2. The molecule has 1 heterocycles. The molecule has 2 rings (SSSR count). The summed E-state index contributed by atoms with van der Waals surface area (Å²) in [7, 11) is 3.14. The lowest BCUT2D eigenvalue weighted by molar-refractivity contribution is -0.138. The van der Waals surface area contributed by atoms with Crippen LogP contribution in [0.3, 0.4) is 0 Å². The van der Waals surface area contributed by atoms with E-state index in [-0.39, 0.29) is 5.92 Å². The molecule has 1 aromatic heterocycles. The number of benzene rings is 1. The van der Waals surface area contributed by atoms with Crippen LogP contribution in [0, 0.1) is 5.92 Å². The topological polar surface area (TPSA) is 106 Å². The number of hydrogen-bond donors (Lipinski definition) is 3. The summed E-state index contributed by atoms with van der Waals surface area (Å²) in [5.41, 5.74) is 0.701. The molecule has 0 aliphatic heterocycles. The Morgan fingerprint density at radius 2 is 1.84 bits per heavy atom. The Hall–Kier alpha value is -3.03. The van der Waals surface area contributed by atoms with Gasteiger partial charge < -0.3 is 25.2 Å². The van der Waals surface area contributed by atoms with Crippen LogP contribution in [0.2, 0.25) is 0 Å². The zero-order valence-electron chi connectivity index (χ0n) is 14.6. The van der Waals surface area contributed by atoms with Gasteiger partial charge in [-0.05, 0) is 18.1 Å². The first-order valence-electron chi connectivity index (χ1n) is 7.75. The van der Waals surface area contributed by atoms with E-state index in [1.807, 2.05) is 13.8 Å². The van der Waals surface area contributed by atoms with E-state index < -0.39 is 12.0 Å². The number of rotatable bonds is 8. The zero-order valence-corrected chi connectivity index (χ0v) is 14.6. The van der Waals surface area contributed by atoms with Gasteiger partial charge in [0.15, 0.2) is 0 Å². The van der Waals surface area contributed by atoms with Crippen LogP contribution in [0.15, 0.2) is 30.6 Å². The van der Waals surface area contributed by atoms with E-state index in [0.717, 1.165) is 0 Å². The molecule has 0 saturated heterocycles. The van der Waals surface area contributed by atoms with Crippen molar-refractivity contribution in [2.45, 2.75) is 19.9 Å². The monoisotopic (exact) mass is 346 g/mol. The van der Waals surface area contributed by atoms with Crippen molar-refractivity contribution in [1.82, 2.24) is 9.97 Å². The van der Waals surface area contributed by atoms with Crippen molar-refractivity contribution in [3.8, 4) is 11.5 Å². The molecular weight excluding hydrogens is 324 g/mol. The van der Waals surface area contributed by atoms with Gasteiger partial charge in [-0.25, -0.2) is 14.8 Å². The van der Waals surface area contributed by atoms with Crippen LogP contribution in [0.5, 0.6) is 11.5 Å². The zero-order chi connectivity index (χ0) is 18.4. The Morgan fingerprint density at radius 3 is 2.44 bits per heavy atom. The third kappa shape index (κ3) is 4.72. The minimum Gasteiger partial charge on any atom is -0.497 e. The molecule has 25 heavy (non-hydrogen) atoms. The number of nitrogens with zero attached hydrogens (tertiary/aromatic N) is 2. The number of methoxy groups -OCH3 is 2. The predicted molar refractivity (Wildman–Crippen MR) is 94.7 cm³/mol. The Labute approximate surface area is 146 Å². The molecule has 1 aromatic carbocycles. The highest BCUT2D eigenvalue weighted by Gasteiger charge is 2.21. The summed E-state index contributed by atoms with van der Waals surface area (Å²) in [6.07, 6.45) is 1.36. The summed E-state index contributed by atoms with van der Waals surface area (Å²) in [6, 6.07) is 6.26. The lowest BCUT2D eigenvalue weighted by Crippen LogP contribution is -2.34. The van der Waals surface area contributed by atoms with E-state index in [1.165, 1.54) is 6.33 Å². The van der Waals surface area contributed by atoms with Crippen molar-refractivity contribution in [2.75, 3.05) is 24.9 Å². The maximum absolute atomic E-state index is 11.3. The van der Waals surface area contributed by atoms with Gasteiger partial charge in [0.05, 0.1) is 19.9 Å². The first kappa shape index (κ1) is 18.3. The van der Waals surface area contributed by atoms with Crippen LogP contribution in [0.25, 0.3) is 0 Å². The van der Waals surface area contributed by atoms with Crippen molar-refractivity contribution in [1.29, 1.82) is 0 Å². The Balaban J connectivity index is 2.20. The lowest BCUT2D eigenvalue weighted by atomic mass is 10.1. The van der Waals surface area contributed by atoms with Crippen molar-refractivity contribution >= 4 is 23.3 Å². The second-order valence-corrected chi connectivity index (χ2v) is 5.68. The summed E-state index contributed by atoms with van der Waals surface area (Å²) < 4.78 is 10.5. The largest absolute Gasteiger partial charge is 0.497 e. The number of carboxylic acids is 1. The number of aliphatic carboxylic acids is 1. The summed E-state index contributed by atoms with van der Waals surface area (Å²) in [5.74, 6) is 1.18. The van der Waals surface area contributed by atoms with Gasteiger partial charge in [-0.3, -0.25) is 0 Å². The minimum atomic E-state index is -0.931. The van der Waals surface area contributed by atoms with E-state index in [4.69, 9.17) is 9.47 Å². The molecule has 8 nitrogen and oxygen atoms in total. The first-order chi connectivity index (χ1) is 11.9. The first-order valence-corrected chi connectivity index (χ1v) is 7.75. The summed E-state index contributed by atoms with van der Waals surface area (Å²) in [5, 5.41) is 15.3. The highest BCUT2D eigenvalue weighted by atomic mass is 16.5. The van der Waals surface area contributed by atoms with Crippen LogP contribution in [0.1, 0.15) is 13.8 Å². The van der Waals surface area contributed by atoms with Gasteiger partial charge in [0.25, 0.3) is 0 Å². The third-order valence-corrected chi connectivity index (χ3v) is 3.57. The van der Waals surface area contributed by atoms with Crippen LogP contribution < -0.4 is 20.1 Å². The predicted octanol–water partition coefficient (Wildman–Crippen LogP) is 2.76. The van der Waals surface area contributed by atoms with Gasteiger partial charge in [-0.1, -0.05) is 13.8 Å². The normalized spacial score (nSPS) is 11.7. The molecule has 0 aliphatic carbocycles. The van der Waals surface area contributed by atoms with Crippen LogP contribution in [-0.2, 0) is 4.79 Å². The Kier molecular flexibility index (Phi) is 5.99. The summed E-state index contributed by atoms with van der Waals surface area (Å²) in [6.45, 7) is 3.66. The van der Waals surface area contributed by atoms with E-state index in [2.05, 4.69) is 20.6 Å². The standard InChI is InChI=1S/C17H22N4O4/c1-10(2)16(17(22)23)21-15-8-14(18-9-19-15)20-12-6-5-11(24-3)7-13(12)25-4/h5-10,16H,1-4H3,(H,22,23)(H2,18,19,20,21)/t16-/m0/s1. The Bertz CT molecular complexity index is 736. The molecule has 134 valence electrons. The van der Waals surface area contributed by atoms with E-state index in [1.54, 1.807) is 38.5 Å². The molecule has 0 spiro atoms. The van der Waals surface area contributed by atoms with Gasteiger partial charge in [0.1, 0.15) is 35.5 Å². The minimum absolute atomic E-state index is 0.0921. The quantitative estimate of drug-likeness (QED) is 0.670. The smallest absolute Gasteiger partial charge is 0.326 e. The van der Waals surface area contributed by atoms with E-state index in [9.17, 15) is 9.90 Å². The number of ether oxygens (including phenoxy) is 2. The highest BCUT2D eigenvalue weighted by Crippen LogP contribution is 2.31. The molecule has 1 atom stereocenters. The average Bonchev–Trinajstić information content (AvgIpc) is 2.59. The molecule has 3 N–H and O–H groups in total. The molecular formula is C17H22N4O4. The molecule has 0 amide bonds. The molecule has 0 unspecified atom stereocenters. The lowest BCUT2D eigenvalue weighted by Gasteiger charge is -2.18. The van der Waals surface area contributed by atoms with Gasteiger partial charge in [0.2, 0.25) is 0 Å². The molecule has 0 saturated carbocycles. The van der Waals surface area contributed by atoms with Gasteiger partial charge >= 0.3 is 5.97 Å². The number of nitrogens with one attached hydrogen (secondary N) is 2. The molecule has 0 bridgehead atoms. The number of anilines is 3. The fourth-order valence-electron chi connectivity index (χ4n) is 2.22. The second kappa shape index (κ2) is 8.18. The fraction of sp³-hybridized carbons (Fsp3) is 0.353. The Morgan fingerprint density at radius 1 is 1.12 bits per heavy atom. The van der Waals surface area contributed by atoms with Crippen molar-refractivity contribution in [3.63, 3.8) is 0 Å². The maximum atomic E-state index is 11.3. The van der Waals surface area contributed by atoms with Crippen molar-refractivity contribution < 1.29 is 19.4 Å². The van der Waals surface area contributed by atoms with E-state index in [0.29, 0.717) is 28.8 Å². The molecule has 8 heteroatoms. The fourth-order valence-corrected chi connectivity index (χ4v) is 2.22. The second-order valence-electron chi connectivity index (χ2n) is 5.68.